The number of nitriles is 1. The van der Waals surface area contributed by atoms with Crippen molar-refractivity contribution in [3.05, 3.63) is 17.8 Å². The lowest BCUT2D eigenvalue weighted by atomic mass is 10.2. The largest absolute Gasteiger partial charge is 0.396 e. The van der Waals surface area contributed by atoms with E-state index in [4.69, 9.17) is 11.0 Å². The normalized spacial score (nSPS) is 22.7. The quantitative estimate of drug-likeness (QED) is 0.872. The second-order valence-corrected chi connectivity index (χ2v) is 6.06. The van der Waals surface area contributed by atoms with Crippen molar-refractivity contribution in [2.24, 2.45) is 0 Å². The maximum absolute atomic E-state index is 8.89. The van der Waals surface area contributed by atoms with Gasteiger partial charge in [-0.05, 0) is 37.1 Å². The number of hydrogen-bond acceptors (Lipinski definition) is 5. The van der Waals surface area contributed by atoms with Crippen LogP contribution in [-0.2, 0) is 0 Å². The molecule has 1 saturated carbocycles. The number of nitrogens with one attached hydrogen (secondary N) is 1. The van der Waals surface area contributed by atoms with Gasteiger partial charge in [-0.2, -0.15) is 17.0 Å². The van der Waals surface area contributed by atoms with E-state index in [-0.39, 0.29) is 0 Å². The smallest absolute Gasteiger partial charge is 0.165 e. The highest BCUT2D eigenvalue weighted by Gasteiger charge is 2.24. The Labute approximate surface area is 112 Å². The van der Waals surface area contributed by atoms with E-state index in [1.165, 1.54) is 25.0 Å². The Morgan fingerprint density at radius 3 is 3.11 bits per heavy atom. The van der Waals surface area contributed by atoms with Crippen molar-refractivity contribution < 1.29 is 0 Å². The van der Waals surface area contributed by atoms with Crippen molar-refractivity contribution >= 4 is 23.3 Å². The molecule has 2 unspecified atom stereocenters. The number of rotatable bonds is 4. The highest BCUT2D eigenvalue weighted by atomic mass is 32.2. The van der Waals surface area contributed by atoms with Crippen LogP contribution >= 0.6 is 11.8 Å². The van der Waals surface area contributed by atoms with Gasteiger partial charge in [-0.1, -0.05) is 6.92 Å². The van der Waals surface area contributed by atoms with Crippen molar-refractivity contribution in [3.8, 4) is 6.07 Å². The monoisotopic (exact) mass is 262 g/mol. The standard InChI is InChI=1S/C13H18N4S/c1-2-18-10-4-3-9(7-10)16-13-6-5-11(15)12(8-14)17-13/h5-6,9-10H,2-4,7,15H2,1H3,(H,16,17). The van der Waals surface area contributed by atoms with Gasteiger partial charge in [-0.15, -0.1) is 0 Å². The second-order valence-electron chi connectivity index (χ2n) is 4.48. The molecule has 4 nitrogen and oxygen atoms in total. The van der Waals surface area contributed by atoms with Crippen LogP contribution in [0.3, 0.4) is 0 Å². The number of aromatic nitrogens is 1. The molecule has 0 aromatic carbocycles. The van der Waals surface area contributed by atoms with E-state index in [1.807, 2.05) is 23.9 Å². The molecule has 1 aliphatic rings. The average Bonchev–Trinajstić information content (AvgIpc) is 2.80. The van der Waals surface area contributed by atoms with E-state index in [2.05, 4.69) is 17.2 Å². The number of nitrogens with zero attached hydrogens (tertiary/aromatic N) is 2. The molecule has 1 aromatic heterocycles. The minimum Gasteiger partial charge on any atom is -0.396 e. The molecular weight excluding hydrogens is 244 g/mol. The summed E-state index contributed by atoms with van der Waals surface area (Å²) in [6.45, 7) is 2.20. The van der Waals surface area contributed by atoms with E-state index in [0.29, 0.717) is 17.4 Å². The molecule has 0 aliphatic heterocycles. The van der Waals surface area contributed by atoms with E-state index >= 15 is 0 Å². The zero-order valence-corrected chi connectivity index (χ0v) is 11.3. The van der Waals surface area contributed by atoms with Crippen molar-refractivity contribution in [2.75, 3.05) is 16.8 Å². The van der Waals surface area contributed by atoms with Crippen LogP contribution in [0.5, 0.6) is 0 Å². The number of pyridine rings is 1. The van der Waals surface area contributed by atoms with Crippen LogP contribution in [0.1, 0.15) is 31.9 Å². The van der Waals surface area contributed by atoms with Crippen molar-refractivity contribution in [1.29, 1.82) is 5.26 Å². The first-order valence-electron chi connectivity index (χ1n) is 6.27. The molecule has 0 spiro atoms. The molecule has 18 heavy (non-hydrogen) atoms. The van der Waals surface area contributed by atoms with Crippen LogP contribution in [0.15, 0.2) is 12.1 Å². The van der Waals surface area contributed by atoms with Gasteiger partial charge >= 0.3 is 0 Å². The first-order valence-corrected chi connectivity index (χ1v) is 7.32. The fourth-order valence-electron chi connectivity index (χ4n) is 2.31. The maximum Gasteiger partial charge on any atom is 0.165 e. The molecule has 2 atom stereocenters. The SMILES string of the molecule is CCSC1CCC(Nc2ccc(N)c(C#N)n2)C1. The lowest BCUT2D eigenvalue weighted by molar-refractivity contribution is 0.752. The summed E-state index contributed by atoms with van der Waals surface area (Å²) >= 11 is 2.03. The fraction of sp³-hybridized carbons (Fsp3) is 0.538. The number of thioether (sulfide) groups is 1. The molecule has 96 valence electrons. The predicted octanol–water partition coefficient (Wildman–Crippen LogP) is 2.62. The van der Waals surface area contributed by atoms with Gasteiger partial charge in [0.1, 0.15) is 11.9 Å². The Balaban J connectivity index is 1.97. The minimum absolute atomic E-state index is 0.303. The molecule has 3 N–H and O–H groups in total. The number of anilines is 2. The van der Waals surface area contributed by atoms with Crippen LogP contribution in [0.2, 0.25) is 0 Å². The second kappa shape index (κ2) is 5.96. The van der Waals surface area contributed by atoms with Crippen LogP contribution in [0, 0.1) is 11.3 Å². The topological polar surface area (TPSA) is 74.7 Å². The van der Waals surface area contributed by atoms with E-state index in [1.54, 1.807) is 6.07 Å². The molecule has 1 aromatic rings. The van der Waals surface area contributed by atoms with E-state index in [9.17, 15) is 0 Å². The van der Waals surface area contributed by atoms with Gasteiger partial charge in [0.25, 0.3) is 0 Å². The molecule has 0 bridgehead atoms. The van der Waals surface area contributed by atoms with Gasteiger partial charge in [0.05, 0.1) is 5.69 Å². The maximum atomic E-state index is 8.89. The summed E-state index contributed by atoms with van der Waals surface area (Å²) in [4.78, 5) is 4.22. The van der Waals surface area contributed by atoms with Gasteiger partial charge in [-0.3, -0.25) is 0 Å². The molecule has 1 heterocycles. The van der Waals surface area contributed by atoms with Crippen LogP contribution in [-0.4, -0.2) is 22.0 Å². The Bertz CT molecular complexity index is 455. The Kier molecular flexibility index (Phi) is 4.32. The van der Waals surface area contributed by atoms with E-state index in [0.717, 1.165) is 11.1 Å². The average molecular weight is 262 g/mol. The van der Waals surface area contributed by atoms with Crippen LogP contribution < -0.4 is 11.1 Å². The predicted molar refractivity (Wildman–Crippen MR) is 76.5 cm³/mol. The third kappa shape index (κ3) is 3.08. The Morgan fingerprint density at radius 1 is 1.56 bits per heavy atom. The van der Waals surface area contributed by atoms with Gasteiger partial charge < -0.3 is 11.1 Å². The highest BCUT2D eigenvalue weighted by molar-refractivity contribution is 7.99. The molecular formula is C13H18N4S. The first kappa shape index (κ1) is 13.0. The Hall–Kier alpha value is -1.41. The first-order chi connectivity index (χ1) is 8.72. The number of nitrogen functional groups attached to an aromatic ring is 1. The molecule has 1 fully saturated rings. The van der Waals surface area contributed by atoms with Gasteiger partial charge in [-0.25, -0.2) is 4.98 Å². The van der Waals surface area contributed by atoms with E-state index < -0.39 is 0 Å². The van der Waals surface area contributed by atoms with Crippen molar-refractivity contribution in [1.82, 2.24) is 4.98 Å². The molecule has 0 amide bonds. The van der Waals surface area contributed by atoms with Gasteiger partial charge in [0, 0.05) is 11.3 Å². The molecule has 1 aliphatic carbocycles. The third-order valence-corrected chi connectivity index (χ3v) is 4.40. The summed E-state index contributed by atoms with van der Waals surface area (Å²) in [5.41, 5.74) is 6.40. The van der Waals surface area contributed by atoms with Crippen LogP contribution in [0.25, 0.3) is 0 Å². The zero-order valence-electron chi connectivity index (χ0n) is 10.5. The van der Waals surface area contributed by atoms with Gasteiger partial charge in [0.15, 0.2) is 5.69 Å². The fourth-order valence-corrected chi connectivity index (χ4v) is 3.45. The molecule has 0 saturated heterocycles. The summed E-state index contributed by atoms with van der Waals surface area (Å²) < 4.78 is 0. The lowest BCUT2D eigenvalue weighted by Crippen LogP contribution is -2.17. The number of nitrogens with two attached hydrogens (primary N) is 1. The summed E-state index contributed by atoms with van der Waals surface area (Å²) in [6, 6.07) is 6.06. The van der Waals surface area contributed by atoms with Crippen LogP contribution in [0.4, 0.5) is 11.5 Å². The Morgan fingerprint density at radius 2 is 2.39 bits per heavy atom. The minimum atomic E-state index is 0.303. The summed E-state index contributed by atoms with van der Waals surface area (Å²) in [5, 5.41) is 13.1. The molecule has 0 radical (unpaired) electrons. The molecule has 5 heteroatoms. The molecule has 2 rings (SSSR count). The third-order valence-electron chi connectivity index (χ3n) is 3.17. The van der Waals surface area contributed by atoms with Crippen molar-refractivity contribution in [3.63, 3.8) is 0 Å². The number of hydrogen-bond donors (Lipinski definition) is 2. The zero-order chi connectivity index (χ0) is 13.0. The lowest BCUT2D eigenvalue weighted by Gasteiger charge is -2.14. The highest BCUT2D eigenvalue weighted by Crippen LogP contribution is 2.31. The van der Waals surface area contributed by atoms with Crippen molar-refractivity contribution in [2.45, 2.75) is 37.5 Å². The van der Waals surface area contributed by atoms with Gasteiger partial charge in [0.2, 0.25) is 0 Å². The summed E-state index contributed by atoms with van der Waals surface area (Å²) in [7, 11) is 0. The summed E-state index contributed by atoms with van der Waals surface area (Å²) in [5.74, 6) is 1.93. The summed E-state index contributed by atoms with van der Waals surface area (Å²) in [6.07, 6.45) is 3.61.